The molecule has 0 amide bonds. The maximum Gasteiger partial charge on any atom is 0.119 e. The lowest BCUT2D eigenvalue weighted by Crippen LogP contribution is -2.43. The maximum absolute atomic E-state index is 5.73. The van der Waals surface area contributed by atoms with Crippen molar-refractivity contribution < 1.29 is 4.74 Å². The van der Waals surface area contributed by atoms with Crippen LogP contribution in [0, 0.1) is 6.92 Å². The van der Waals surface area contributed by atoms with Crippen molar-refractivity contribution in [2.24, 2.45) is 0 Å². The first kappa shape index (κ1) is 11.5. The summed E-state index contributed by atoms with van der Waals surface area (Å²) in [6.07, 6.45) is 4.03. The summed E-state index contributed by atoms with van der Waals surface area (Å²) in [5.41, 5.74) is 1.27. The van der Waals surface area contributed by atoms with Crippen LogP contribution in [0.5, 0.6) is 5.75 Å². The fourth-order valence-corrected chi connectivity index (χ4v) is 1.88. The number of benzene rings is 1. The standard InChI is InChI=1S/C14H21NO/c1-11-6-8-14(9-7-11)16-10-12(2)15-13-4-3-5-13/h6-9,12-13,15H,3-5,10H2,1-2H3. The van der Waals surface area contributed by atoms with Gasteiger partial charge < -0.3 is 10.1 Å². The first-order valence-corrected chi connectivity index (χ1v) is 6.19. The molecule has 1 unspecified atom stereocenters. The summed E-state index contributed by atoms with van der Waals surface area (Å²) in [5.74, 6) is 0.966. The summed E-state index contributed by atoms with van der Waals surface area (Å²) in [7, 11) is 0. The van der Waals surface area contributed by atoms with E-state index in [9.17, 15) is 0 Å². The highest BCUT2D eigenvalue weighted by Gasteiger charge is 2.18. The summed E-state index contributed by atoms with van der Waals surface area (Å²) in [5, 5.41) is 3.57. The van der Waals surface area contributed by atoms with Gasteiger partial charge in [0.2, 0.25) is 0 Å². The number of hydrogen-bond donors (Lipinski definition) is 1. The lowest BCUT2D eigenvalue weighted by molar-refractivity contribution is 0.232. The lowest BCUT2D eigenvalue weighted by atomic mass is 9.92. The SMILES string of the molecule is Cc1ccc(OCC(C)NC2CCC2)cc1. The second-order valence-corrected chi connectivity index (χ2v) is 4.82. The first-order valence-electron chi connectivity index (χ1n) is 6.19. The van der Waals surface area contributed by atoms with Crippen LogP contribution in [0.15, 0.2) is 24.3 Å². The fourth-order valence-electron chi connectivity index (χ4n) is 1.88. The molecule has 1 N–H and O–H groups in total. The van der Waals surface area contributed by atoms with E-state index in [-0.39, 0.29) is 0 Å². The molecule has 1 aliphatic rings. The topological polar surface area (TPSA) is 21.3 Å². The van der Waals surface area contributed by atoms with Gasteiger partial charge in [-0.2, -0.15) is 0 Å². The molecule has 16 heavy (non-hydrogen) atoms. The number of nitrogens with one attached hydrogen (secondary N) is 1. The van der Waals surface area contributed by atoms with Crippen LogP contribution in [0.2, 0.25) is 0 Å². The zero-order valence-electron chi connectivity index (χ0n) is 10.2. The van der Waals surface area contributed by atoms with E-state index in [1.54, 1.807) is 0 Å². The van der Waals surface area contributed by atoms with E-state index in [0.29, 0.717) is 6.04 Å². The summed E-state index contributed by atoms with van der Waals surface area (Å²) in [6.45, 7) is 5.02. The highest BCUT2D eigenvalue weighted by Crippen LogP contribution is 2.18. The summed E-state index contributed by atoms with van der Waals surface area (Å²) >= 11 is 0. The molecule has 1 aliphatic carbocycles. The van der Waals surface area contributed by atoms with Crippen LogP contribution in [0.3, 0.4) is 0 Å². The molecule has 0 spiro atoms. The summed E-state index contributed by atoms with van der Waals surface area (Å²) in [4.78, 5) is 0. The van der Waals surface area contributed by atoms with Crippen molar-refractivity contribution in [2.75, 3.05) is 6.61 Å². The van der Waals surface area contributed by atoms with Gasteiger partial charge in [0, 0.05) is 12.1 Å². The number of rotatable bonds is 5. The van der Waals surface area contributed by atoms with Gasteiger partial charge in [0.1, 0.15) is 12.4 Å². The Morgan fingerprint density at radius 1 is 1.31 bits per heavy atom. The van der Waals surface area contributed by atoms with Gasteiger partial charge in [-0.3, -0.25) is 0 Å². The van der Waals surface area contributed by atoms with Gasteiger partial charge in [0.25, 0.3) is 0 Å². The highest BCUT2D eigenvalue weighted by molar-refractivity contribution is 5.26. The van der Waals surface area contributed by atoms with Crippen molar-refractivity contribution in [1.82, 2.24) is 5.32 Å². The van der Waals surface area contributed by atoms with E-state index in [1.807, 2.05) is 12.1 Å². The normalized spacial score (nSPS) is 17.9. The van der Waals surface area contributed by atoms with Gasteiger partial charge in [-0.15, -0.1) is 0 Å². The molecule has 1 aromatic carbocycles. The maximum atomic E-state index is 5.73. The Bertz CT molecular complexity index is 316. The fraction of sp³-hybridized carbons (Fsp3) is 0.571. The van der Waals surface area contributed by atoms with E-state index < -0.39 is 0 Å². The summed E-state index contributed by atoms with van der Waals surface area (Å²) < 4.78 is 5.73. The number of aryl methyl sites for hydroxylation is 1. The molecule has 1 atom stereocenters. The molecule has 2 rings (SSSR count). The molecule has 2 heteroatoms. The second-order valence-electron chi connectivity index (χ2n) is 4.82. The molecule has 0 bridgehead atoms. The van der Waals surface area contributed by atoms with Gasteiger partial charge >= 0.3 is 0 Å². The zero-order valence-corrected chi connectivity index (χ0v) is 10.2. The van der Waals surface area contributed by atoms with E-state index >= 15 is 0 Å². The first-order chi connectivity index (χ1) is 7.74. The van der Waals surface area contributed by atoms with Crippen LogP contribution in [0.4, 0.5) is 0 Å². The largest absolute Gasteiger partial charge is 0.492 e. The van der Waals surface area contributed by atoms with E-state index in [4.69, 9.17) is 4.74 Å². The third-order valence-corrected chi connectivity index (χ3v) is 3.15. The molecule has 0 aromatic heterocycles. The molecule has 1 aromatic rings. The smallest absolute Gasteiger partial charge is 0.119 e. The Morgan fingerprint density at radius 3 is 2.56 bits per heavy atom. The van der Waals surface area contributed by atoms with E-state index in [0.717, 1.165) is 18.4 Å². The third-order valence-electron chi connectivity index (χ3n) is 3.15. The monoisotopic (exact) mass is 219 g/mol. The molecule has 0 saturated heterocycles. The van der Waals surface area contributed by atoms with E-state index in [1.165, 1.54) is 24.8 Å². The minimum absolute atomic E-state index is 0.437. The Morgan fingerprint density at radius 2 is 2.00 bits per heavy atom. The highest BCUT2D eigenvalue weighted by atomic mass is 16.5. The van der Waals surface area contributed by atoms with Crippen molar-refractivity contribution in [1.29, 1.82) is 0 Å². The van der Waals surface area contributed by atoms with Crippen LogP contribution in [0.25, 0.3) is 0 Å². The van der Waals surface area contributed by atoms with Gasteiger partial charge in [-0.05, 0) is 38.8 Å². The minimum Gasteiger partial charge on any atom is -0.492 e. The van der Waals surface area contributed by atoms with Gasteiger partial charge in [-0.1, -0.05) is 24.1 Å². The average Bonchev–Trinajstić information content (AvgIpc) is 2.23. The van der Waals surface area contributed by atoms with Gasteiger partial charge in [0.05, 0.1) is 0 Å². The summed E-state index contributed by atoms with van der Waals surface area (Å²) in [6, 6.07) is 9.40. The van der Waals surface area contributed by atoms with Crippen molar-refractivity contribution in [3.05, 3.63) is 29.8 Å². The van der Waals surface area contributed by atoms with Crippen molar-refractivity contribution in [3.8, 4) is 5.75 Å². The Hall–Kier alpha value is -1.02. The van der Waals surface area contributed by atoms with Crippen molar-refractivity contribution in [3.63, 3.8) is 0 Å². The Kier molecular flexibility index (Phi) is 3.83. The Labute approximate surface area is 98.0 Å². The molecule has 88 valence electrons. The predicted octanol–water partition coefficient (Wildman–Crippen LogP) is 2.90. The average molecular weight is 219 g/mol. The molecular formula is C14H21NO. The van der Waals surface area contributed by atoms with Crippen LogP contribution in [0.1, 0.15) is 31.7 Å². The minimum atomic E-state index is 0.437. The third kappa shape index (κ3) is 3.24. The number of ether oxygens (including phenoxy) is 1. The molecular weight excluding hydrogens is 198 g/mol. The van der Waals surface area contributed by atoms with Crippen LogP contribution in [-0.4, -0.2) is 18.7 Å². The zero-order chi connectivity index (χ0) is 11.4. The predicted molar refractivity (Wildman–Crippen MR) is 66.9 cm³/mol. The van der Waals surface area contributed by atoms with Gasteiger partial charge in [-0.25, -0.2) is 0 Å². The van der Waals surface area contributed by atoms with E-state index in [2.05, 4.69) is 31.3 Å². The molecule has 1 fully saturated rings. The molecule has 1 saturated carbocycles. The van der Waals surface area contributed by atoms with Crippen LogP contribution >= 0.6 is 0 Å². The van der Waals surface area contributed by atoms with Gasteiger partial charge in [0.15, 0.2) is 0 Å². The van der Waals surface area contributed by atoms with Crippen molar-refractivity contribution in [2.45, 2.75) is 45.2 Å². The molecule has 0 radical (unpaired) electrons. The second kappa shape index (κ2) is 5.35. The Balaban J connectivity index is 1.71. The van der Waals surface area contributed by atoms with Crippen LogP contribution < -0.4 is 10.1 Å². The molecule has 0 heterocycles. The molecule has 2 nitrogen and oxygen atoms in total. The van der Waals surface area contributed by atoms with Crippen LogP contribution in [-0.2, 0) is 0 Å². The van der Waals surface area contributed by atoms with Crippen molar-refractivity contribution >= 4 is 0 Å². The number of hydrogen-bond acceptors (Lipinski definition) is 2. The quantitative estimate of drug-likeness (QED) is 0.822. The lowest BCUT2D eigenvalue weighted by Gasteiger charge is -2.29. The molecule has 0 aliphatic heterocycles.